The van der Waals surface area contributed by atoms with Crippen LogP contribution in [0.1, 0.15) is 21.8 Å². The van der Waals surface area contributed by atoms with Crippen LogP contribution < -0.4 is 0 Å². The number of hydrogen-bond donors (Lipinski definition) is 1. The summed E-state index contributed by atoms with van der Waals surface area (Å²) in [5.41, 5.74) is 0.653. The number of hydrogen-bond acceptors (Lipinski definition) is 4. The number of furan rings is 1. The minimum absolute atomic E-state index is 0.198. The zero-order chi connectivity index (χ0) is 15.2. The van der Waals surface area contributed by atoms with E-state index in [9.17, 15) is 9.59 Å². The van der Waals surface area contributed by atoms with Gasteiger partial charge in [0.1, 0.15) is 11.5 Å². The Hall–Kier alpha value is -2.89. The molecule has 21 heavy (non-hydrogen) atoms. The van der Waals surface area contributed by atoms with Crippen LogP contribution in [0.25, 0.3) is 6.08 Å². The zero-order valence-corrected chi connectivity index (χ0v) is 11.4. The Kier molecular flexibility index (Phi) is 4.50. The maximum atomic E-state index is 12.4. The molecule has 0 bridgehead atoms. The molecule has 0 saturated carbocycles. The van der Waals surface area contributed by atoms with E-state index in [2.05, 4.69) is 4.98 Å². The van der Waals surface area contributed by atoms with Crippen LogP contribution >= 0.6 is 0 Å². The first-order valence-corrected chi connectivity index (χ1v) is 6.22. The SMILES string of the molecule is CN(Cc1ccco1)C(=O)c1ncccc1/C=C/C(=O)O. The van der Waals surface area contributed by atoms with Gasteiger partial charge in [0.2, 0.25) is 0 Å². The van der Waals surface area contributed by atoms with Gasteiger partial charge in [0.15, 0.2) is 0 Å². The van der Waals surface area contributed by atoms with Crippen molar-refractivity contribution in [2.75, 3.05) is 7.05 Å². The second-order valence-corrected chi connectivity index (χ2v) is 4.35. The van der Waals surface area contributed by atoms with Gasteiger partial charge < -0.3 is 14.4 Å². The Labute approximate surface area is 121 Å². The lowest BCUT2D eigenvalue weighted by atomic mass is 10.1. The summed E-state index contributed by atoms with van der Waals surface area (Å²) in [7, 11) is 1.63. The molecule has 0 spiro atoms. The van der Waals surface area contributed by atoms with Crippen molar-refractivity contribution < 1.29 is 19.1 Å². The van der Waals surface area contributed by atoms with Gasteiger partial charge in [-0.3, -0.25) is 9.78 Å². The maximum absolute atomic E-state index is 12.4. The molecule has 0 aromatic carbocycles. The summed E-state index contributed by atoms with van der Waals surface area (Å²) in [6, 6.07) is 6.80. The second kappa shape index (κ2) is 6.51. The quantitative estimate of drug-likeness (QED) is 0.850. The molecule has 0 fully saturated rings. The molecule has 2 aromatic rings. The first-order chi connectivity index (χ1) is 10.1. The van der Waals surface area contributed by atoms with E-state index >= 15 is 0 Å². The number of aromatic nitrogens is 1. The third kappa shape index (κ3) is 3.79. The van der Waals surface area contributed by atoms with Gasteiger partial charge in [-0.15, -0.1) is 0 Å². The van der Waals surface area contributed by atoms with Crippen LogP contribution in [0.4, 0.5) is 0 Å². The number of aliphatic carboxylic acids is 1. The molecule has 2 rings (SSSR count). The Morgan fingerprint density at radius 2 is 2.19 bits per heavy atom. The van der Waals surface area contributed by atoms with Crippen molar-refractivity contribution in [2.24, 2.45) is 0 Å². The Bertz CT molecular complexity index is 662. The van der Waals surface area contributed by atoms with Gasteiger partial charge in [-0.1, -0.05) is 6.07 Å². The summed E-state index contributed by atoms with van der Waals surface area (Å²) < 4.78 is 5.19. The number of amides is 1. The van der Waals surface area contributed by atoms with Gasteiger partial charge >= 0.3 is 5.97 Å². The van der Waals surface area contributed by atoms with Gasteiger partial charge in [0.05, 0.1) is 12.8 Å². The number of carbonyl (C=O) groups excluding carboxylic acids is 1. The molecule has 0 aliphatic rings. The molecule has 0 radical (unpaired) electrons. The number of pyridine rings is 1. The lowest BCUT2D eigenvalue weighted by molar-refractivity contribution is -0.131. The second-order valence-electron chi connectivity index (χ2n) is 4.35. The van der Waals surface area contributed by atoms with Crippen molar-refractivity contribution in [3.05, 3.63) is 59.8 Å². The highest BCUT2D eigenvalue weighted by molar-refractivity contribution is 5.97. The number of carboxylic acids is 1. The molecule has 1 amide bonds. The zero-order valence-electron chi connectivity index (χ0n) is 11.4. The number of carboxylic acid groups (broad SMARTS) is 1. The number of rotatable bonds is 5. The fourth-order valence-corrected chi connectivity index (χ4v) is 1.78. The smallest absolute Gasteiger partial charge is 0.328 e. The fourth-order valence-electron chi connectivity index (χ4n) is 1.78. The predicted molar refractivity (Wildman–Crippen MR) is 75.4 cm³/mol. The highest BCUT2D eigenvalue weighted by Crippen LogP contribution is 2.12. The van der Waals surface area contributed by atoms with Crippen LogP contribution in [0.5, 0.6) is 0 Å². The van der Waals surface area contributed by atoms with E-state index in [1.165, 1.54) is 23.4 Å². The summed E-state index contributed by atoms with van der Waals surface area (Å²) in [4.78, 5) is 28.5. The minimum Gasteiger partial charge on any atom is -0.478 e. The third-order valence-electron chi connectivity index (χ3n) is 2.77. The molecule has 0 aliphatic carbocycles. The molecule has 0 unspecified atom stereocenters. The lowest BCUT2D eigenvalue weighted by Crippen LogP contribution is -2.27. The van der Waals surface area contributed by atoms with Crippen molar-refractivity contribution in [3.8, 4) is 0 Å². The first-order valence-electron chi connectivity index (χ1n) is 6.22. The summed E-state index contributed by atoms with van der Waals surface area (Å²) in [6.45, 7) is 0.310. The summed E-state index contributed by atoms with van der Waals surface area (Å²) in [5.74, 6) is -0.734. The monoisotopic (exact) mass is 286 g/mol. The van der Waals surface area contributed by atoms with Crippen LogP contribution in [-0.2, 0) is 11.3 Å². The molecule has 0 atom stereocenters. The molecule has 0 saturated heterocycles. The topological polar surface area (TPSA) is 83.6 Å². The van der Waals surface area contributed by atoms with Crippen LogP contribution in [0.2, 0.25) is 0 Å². The Balaban J connectivity index is 2.20. The van der Waals surface area contributed by atoms with Crippen molar-refractivity contribution in [1.82, 2.24) is 9.88 Å². The van der Waals surface area contributed by atoms with Crippen LogP contribution in [0.15, 0.2) is 47.2 Å². The van der Waals surface area contributed by atoms with Gasteiger partial charge in [0.25, 0.3) is 5.91 Å². The highest BCUT2D eigenvalue weighted by Gasteiger charge is 2.17. The molecule has 108 valence electrons. The van der Waals surface area contributed by atoms with Crippen molar-refractivity contribution >= 4 is 18.0 Å². The molecular formula is C15H14N2O4. The van der Waals surface area contributed by atoms with E-state index in [1.54, 1.807) is 31.3 Å². The van der Waals surface area contributed by atoms with E-state index in [0.717, 1.165) is 6.08 Å². The number of carbonyl (C=O) groups is 2. The van der Waals surface area contributed by atoms with E-state index in [-0.39, 0.29) is 11.6 Å². The third-order valence-corrected chi connectivity index (χ3v) is 2.77. The Morgan fingerprint density at radius 3 is 2.86 bits per heavy atom. The lowest BCUT2D eigenvalue weighted by Gasteiger charge is -2.16. The molecule has 6 heteroatoms. The molecule has 1 N–H and O–H groups in total. The predicted octanol–water partition coefficient (Wildman–Crippen LogP) is 2.04. The average molecular weight is 286 g/mol. The maximum Gasteiger partial charge on any atom is 0.328 e. The largest absolute Gasteiger partial charge is 0.478 e. The fraction of sp³-hybridized carbons (Fsp3) is 0.133. The minimum atomic E-state index is -1.08. The van der Waals surface area contributed by atoms with Gasteiger partial charge in [-0.2, -0.15) is 0 Å². The molecule has 0 aliphatic heterocycles. The van der Waals surface area contributed by atoms with Gasteiger partial charge in [-0.25, -0.2) is 4.79 Å². The van der Waals surface area contributed by atoms with E-state index in [4.69, 9.17) is 9.52 Å². The normalized spacial score (nSPS) is 10.7. The van der Waals surface area contributed by atoms with E-state index in [0.29, 0.717) is 17.9 Å². The van der Waals surface area contributed by atoms with Crippen LogP contribution in [0.3, 0.4) is 0 Å². The molecular weight excluding hydrogens is 272 g/mol. The van der Waals surface area contributed by atoms with Gasteiger partial charge in [-0.05, 0) is 24.3 Å². The van der Waals surface area contributed by atoms with Crippen molar-refractivity contribution in [1.29, 1.82) is 0 Å². The standard InChI is InChI=1S/C15H14N2O4/c1-17(10-12-5-3-9-21-12)15(20)14-11(4-2-8-16-14)6-7-13(18)19/h2-9H,10H2,1H3,(H,18,19)/b7-6+. The van der Waals surface area contributed by atoms with Crippen LogP contribution in [0, 0.1) is 0 Å². The summed E-state index contributed by atoms with van der Waals surface area (Å²) in [5, 5.41) is 8.67. The Morgan fingerprint density at radius 1 is 1.38 bits per heavy atom. The van der Waals surface area contributed by atoms with Crippen molar-refractivity contribution in [3.63, 3.8) is 0 Å². The van der Waals surface area contributed by atoms with Gasteiger partial charge in [0, 0.05) is 24.9 Å². The van der Waals surface area contributed by atoms with E-state index < -0.39 is 5.97 Å². The summed E-state index contributed by atoms with van der Waals surface area (Å²) >= 11 is 0. The molecule has 2 aromatic heterocycles. The first kappa shape index (κ1) is 14.5. The van der Waals surface area contributed by atoms with Crippen LogP contribution in [-0.4, -0.2) is 33.9 Å². The molecule has 6 nitrogen and oxygen atoms in total. The van der Waals surface area contributed by atoms with Crippen molar-refractivity contribution in [2.45, 2.75) is 6.54 Å². The number of nitrogens with zero attached hydrogens (tertiary/aromatic N) is 2. The highest BCUT2D eigenvalue weighted by atomic mass is 16.4. The van der Waals surface area contributed by atoms with E-state index in [1.807, 2.05) is 0 Å². The average Bonchev–Trinajstić information content (AvgIpc) is 2.97. The molecule has 2 heterocycles. The summed E-state index contributed by atoms with van der Waals surface area (Å²) in [6.07, 6.45) is 5.35.